The van der Waals surface area contributed by atoms with E-state index >= 15 is 0 Å². The number of nitrogens with one attached hydrogen (secondary N) is 1. The summed E-state index contributed by atoms with van der Waals surface area (Å²) in [5.41, 5.74) is 1.12. The van der Waals surface area contributed by atoms with Gasteiger partial charge in [-0.05, 0) is 24.5 Å². The molecule has 96 valence electrons. The topological polar surface area (TPSA) is 62.2 Å². The normalized spacial score (nSPS) is 9.44. The number of aliphatic hydroxyl groups is 1. The van der Waals surface area contributed by atoms with Crippen molar-refractivity contribution in [1.29, 1.82) is 0 Å². The van der Waals surface area contributed by atoms with Crippen molar-refractivity contribution in [3.8, 4) is 11.8 Å². The molecule has 0 aliphatic carbocycles. The minimum absolute atomic E-state index is 0.142. The van der Waals surface area contributed by atoms with Crippen LogP contribution in [0.4, 0.5) is 0 Å². The van der Waals surface area contributed by atoms with Crippen LogP contribution in [0.15, 0.2) is 18.5 Å². The second kappa shape index (κ2) is 8.56. The fraction of sp³-hybridized carbons (Fsp3) is 0.385. The number of thioether (sulfide) groups is 1. The molecule has 0 aliphatic heterocycles. The number of rotatable bonds is 5. The van der Waals surface area contributed by atoms with Crippen LogP contribution in [0.5, 0.6) is 0 Å². The minimum atomic E-state index is -0.203. The summed E-state index contributed by atoms with van der Waals surface area (Å²) in [6, 6.07) is 1.67. The van der Waals surface area contributed by atoms with Gasteiger partial charge in [-0.2, -0.15) is 11.8 Å². The summed E-state index contributed by atoms with van der Waals surface area (Å²) in [5, 5.41) is 11.4. The number of aliphatic hydroxyl groups excluding tert-OH is 1. The van der Waals surface area contributed by atoms with E-state index in [1.807, 2.05) is 6.26 Å². The van der Waals surface area contributed by atoms with Gasteiger partial charge in [0.15, 0.2) is 0 Å². The summed E-state index contributed by atoms with van der Waals surface area (Å²) in [7, 11) is 0. The SMILES string of the molecule is CSCCCNC(=O)c1cncc(C#CCO)c1. The maximum Gasteiger partial charge on any atom is 0.252 e. The first-order valence-electron chi connectivity index (χ1n) is 5.60. The quantitative estimate of drug-likeness (QED) is 0.613. The minimum Gasteiger partial charge on any atom is -0.384 e. The third-order valence-electron chi connectivity index (χ3n) is 2.12. The molecular formula is C13H16N2O2S. The molecule has 0 unspecified atom stereocenters. The molecule has 2 N–H and O–H groups in total. The number of amides is 1. The fourth-order valence-electron chi connectivity index (χ4n) is 1.29. The van der Waals surface area contributed by atoms with E-state index in [1.54, 1.807) is 24.0 Å². The predicted molar refractivity (Wildman–Crippen MR) is 73.5 cm³/mol. The number of hydrogen-bond acceptors (Lipinski definition) is 4. The Morgan fingerprint density at radius 2 is 2.39 bits per heavy atom. The van der Waals surface area contributed by atoms with Gasteiger partial charge in [0.1, 0.15) is 6.61 Å². The van der Waals surface area contributed by atoms with Gasteiger partial charge in [0, 0.05) is 24.5 Å². The lowest BCUT2D eigenvalue weighted by atomic mass is 10.2. The molecule has 0 fully saturated rings. The van der Waals surface area contributed by atoms with Gasteiger partial charge in [0.2, 0.25) is 0 Å². The zero-order valence-electron chi connectivity index (χ0n) is 10.3. The van der Waals surface area contributed by atoms with Gasteiger partial charge in [-0.15, -0.1) is 0 Å². The second-order valence-electron chi connectivity index (χ2n) is 3.52. The van der Waals surface area contributed by atoms with Gasteiger partial charge in [-0.1, -0.05) is 11.8 Å². The summed E-state index contributed by atoms with van der Waals surface area (Å²) in [5.74, 6) is 6.13. The number of nitrogens with zero attached hydrogens (tertiary/aromatic N) is 1. The molecular weight excluding hydrogens is 248 g/mol. The Bertz CT molecular complexity index is 452. The number of aromatic nitrogens is 1. The zero-order chi connectivity index (χ0) is 13.2. The maximum atomic E-state index is 11.8. The lowest BCUT2D eigenvalue weighted by molar-refractivity contribution is 0.0953. The Morgan fingerprint density at radius 1 is 1.56 bits per heavy atom. The van der Waals surface area contributed by atoms with Gasteiger partial charge in [0.25, 0.3) is 5.91 Å². The molecule has 0 radical (unpaired) electrons. The van der Waals surface area contributed by atoms with Gasteiger partial charge in [-0.25, -0.2) is 0 Å². The van der Waals surface area contributed by atoms with Crippen LogP contribution in [0.1, 0.15) is 22.3 Å². The molecule has 0 atom stereocenters. The molecule has 0 aromatic carbocycles. The monoisotopic (exact) mass is 264 g/mol. The molecule has 0 saturated heterocycles. The molecule has 0 spiro atoms. The van der Waals surface area contributed by atoms with E-state index in [2.05, 4.69) is 22.1 Å². The molecule has 1 heterocycles. The van der Waals surface area contributed by atoms with Crippen LogP contribution in [-0.2, 0) is 0 Å². The van der Waals surface area contributed by atoms with E-state index in [-0.39, 0.29) is 12.5 Å². The molecule has 1 aromatic heterocycles. The molecule has 1 rings (SSSR count). The van der Waals surface area contributed by atoms with Crippen LogP contribution in [0, 0.1) is 11.8 Å². The molecule has 18 heavy (non-hydrogen) atoms. The third-order valence-corrected chi connectivity index (χ3v) is 2.82. The highest BCUT2D eigenvalue weighted by Crippen LogP contribution is 2.02. The second-order valence-corrected chi connectivity index (χ2v) is 4.51. The first-order chi connectivity index (χ1) is 8.77. The van der Waals surface area contributed by atoms with Crippen LogP contribution in [0.2, 0.25) is 0 Å². The number of hydrogen-bond donors (Lipinski definition) is 2. The van der Waals surface area contributed by atoms with Crippen molar-refractivity contribution in [2.24, 2.45) is 0 Å². The summed E-state index contributed by atoms with van der Waals surface area (Å²) >= 11 is 1.76. The first-order valence-corrected chi connectivity index (χ1v) is 6.99. The average Bonchev–Trinajstić information content (AvgIpc) is 2.41. The van der Waals surface area contributed by atoms with Crippen molar-refractivity contribution in [2.75, 3.05) is 25.2 Å². The van der Waals surface area contributed by atoms with E-state index in [0.29, 0.717) is 17.7 Å². The predicted octanol–water partition coefficient (Wildman–Crippen LogP) is 0.908. The van der Waals surface area contributed by atoms with Crippen molar-refractivity contribution < 1.29 is 9.90 Å². The molecule has 1 aromatic rings. The van der Waals surface area contributed by atoms with Crippen molar-refractivity contribution in [3.05, 3.63) is 29.6 Å². The number of pyridine rings is 1. The summed E-state index contributed by atoms with van der Waals surface area (Å²) < 4.78 is 0. The van der Waals surface area contributed by atoms with Crippen molar-refractivity contribution in [3.63, 3.8) is 0 Å². The van der Waals surface area contributed by atoms with E-state index < -0.39 is 0 Å². The van der Waals surface area contributed by atoms with Gasteiger partial charge in [0.05, 0.1) is 5.56 Å². The molecule has 0 saturated carbocycles. The van der Waals surface area contributed by atoms with Crippen molar-refractivity contribution in [1.82, 2.24) is 10.3 Å². The highest BCUT2D eigenvalue weighted by Gasteiger charge is 2.05. The lowest BCUT2D eigenvalue weighted by Gasteiger charge is -2.04. The molecule has 0 aliphatic rings. The number of carbonyl (C=O) groups is 1. The average molecular weight is 264 g/mol. The zero-order valence-corrected chi connectivity index (χ0v) is 11.1. The third kappa shape index (κ3) is 5.21. The standard InChI is InChI=1S/C13H16N2O2S/c1-18-7-3-5-15-13(17)12-8-11(4-2-6-16)9-14-10-12/h8-10,16H,3,5-7H2,1H3,(H,15,17). The smallest absolute Gasteiger partial charge is 0.252 e. The van der Waals surface area contributed by atoms with Crippen LogP contribution in [0.3, 0.4) is 0 Å². The van der Waals surface area contributed by atoms with E-state index in [1.165, 1.54) is 6.20 Å². The fourth-order valence-corrected chi connectivity index (χ4v) is 1.73. The van der Waals surface area contributed by atoms with Crippen LogP contribution in [-0.4, -0.2) is 41.2 Å². The molecule has 0 bridgehead atoms. The van der Waals surface area contributed by atoms with Crippen molar-refractivity contribution in [2.45, 2.75) is 6.42 Å². The Balaban J connectivity index is 2.57. The van der Waals surface area contributed by atoms with E-state index in [9.17, 15) is 4.79 Å². The highest BCUT2D eigenvalue weighted by molar-refractivity contribution is 7.98. The molecule has 4 nitrogen and oxygen atoms in total. The Labute approximate surface area is 111 Å². The number of carbonyl (C=O) groups excluding carboxylic acids is 1. The van der Waals surface area contributed by atoms with Crippen molar-refractivity contribution >= 4 is 17.7 Å². The Kier molecular flexibility index (Phi) is 6.92. The molecule has 5 heteroatoms. The molecule has 1 amide bonds. The summed E-state index contributed by atoms with van der Waals surface area (Å²) in [6.07, 6.45) is 6.06. The van der Waals surface area contributed by atoms with Crippen LogP contribution >= 0.6 is 11.8 Å². The first kappa shape index (κ1) is 14.6. The Hall–Kier alpha value is -1.51. The largest absolute Gasteiger partial charge is 0.384 e. The Morgan fingerprint density at radius 3 is 3.11 bits per heavy atom. The van der Waals surface area contributed by atoms with Crippen LogP contribution in [0.25, 0.3) is 0 Å². The van der Waals surface area contributed by atoms with E-state index in [0.717, 1.165) is 12.2 Å². The van der Waals surface area contributed by atoms with Gasteiger partial charge in [-0.3, -0.25) is 9.78 Å². The summed E-state index contributed by atoms with van der Waals surface area (Å²) in [4.78, 5) is 15.7. The van der Waals surface area contributed by atoms with E-state index in [4.69, 9.17) is 5.11 Å². The van der Waals surface area contributed by atoms with Gasteiger partial charge >= 0.3 is 0 Å². The highest BCUT2D eigenvalue weighted by atomic mass is 32.2. The lowest BCUT2D eigenvalue weighted by Crippen LogP contribution is -2.25. The van der Waals surface area contributed by atoms with Gasteiger partial charge < -0.3 is 10.4 Å². The van der Waals surface area contributed by atoms with Crippen LogP contribution < -0.4 is 5.32 Å². The summed E-state index contributed by atoms with van der Waals surface area (Å²) in [6.45, 7) is 0.456. The maximum absolute atomic E-state index is 11.8.